The largest absolute Gasteiger partial charge is 0.328 e. The van der Waals surface area contributed by atoms with Crippen LogP contribution in [0.25, 0.3) is 0 Å². The number of amides is 1. The molecular formula is C22H22ClN3O5S3. The summed E-state index contributed by atoms with van der Waals surface area (Å²) in [6, 6.07) is 10.2. The Hall–Kier alpha value is -2.34. The molecule has 0 aliphatic carbocycles. The van der Waals surface area contributed by atoms with Crippen LogP contribution in [0.15, 0.2) is 53.1 Å². The van der Waals surface area contributed by atoms with Gasteiger partial charge in [0.1, 0.15) is 0 Å². The third-order valence-electron chi connectivity index (χ3n) is 5.63. The lowest BCUT2D eigenvalue weighted by atomic mass is 10.1. The summed E-state index contributed by atoms with van der Waals surface area (Å²) in [5, 5.41) is 1.26. The zero-order valence-corrected chi connectivity index (χ0v) is 21.4. The van der Waals surface area contributed by atoms with Crippen LogP contribution in [0, 0.1) is 6.92 Å². The third kappa shape index (κ3) is 5.48. The van der Waals surface area contributed by atoms with Crippen molar-refractivity contribution in [2.75, 3.05) is 11.5 Å². The van der Waals surface area contributed by atoms with Gasteiger partial charge in [-0.15, -0.1) is 11.3 Å². The highest BCUT2D eigenvalue weighted by molar-refractivity contribution is 7.91. The molecule has 1 fully saturated rings. The first kappa shape index (κ1) is 24.8. The number of hydrogen-bond donors (Lipinski definition) is 0. The van der Waals surface area contributed by atoms with E-state index in [4.69, 9.17) is 11.6 Å². The molecule has 1 aliphatic heterocycles. The Labute approximate surface area is 207 Å². The second-order valence-electron chi connectivity index (χ2n) is 8.10. The molecule has 4 rings (SSSR count). The minimum Gasteiger partial charge on any atom is -0.328 e. The zero-order valence-electron chi connectivity index (χ0n) is 18.2. The van der Waals surface area contributed by atoms with Gasteiger partial charge in [0, 0.05) is 10.9 Å². The molecule has 12 heteroatoms. The maximum Gasteiger partial charge on any atom is 0.274 e. The Kier molecular flexibility index (Phi) is 7.09. The van der Waals surface area contributed by atoms with E-state index in [1.165, 1.54) is 16.2 Å². The molecule has 0 radical (unpaired) electrons. The minimum atomic E-state index is -3.97. The van der Waals surface area contributed by atoms with Crippen LogP contribution in [0.2, 0.25) is 5.02 Å². The van der Waals surface area contributed by atoms with Gasteiger partial charge >= 0.3 is 0 Å². The fourth-order valence-electron chi connectivity index (χ4n) is 3.79. The van der Waals surface area contributed by atoms with Crippen LogP contribution in [0.1, 0.15) is 32.9 Å². The summed E-state index contributed by atoms with van der Waals surface area (Å²) in [6.07, 6.45) is 1.39. The van der Waals surface area contributed by atoms with Crippen LogP contribution in [0.3, 0.4) is 0 Å². The first-order valence-electron chi connectivity index (χ1n) is 10.4. The highest BCUT2D eigenvalue weighted by Gasteiger charge is 2.37. The van der Waals surface area contributed by atoms with Gasteiger partial charge in [0.2, 0.25) is 15.0 Å². The average Bonchev–Trinajstić information content (AvgIpc) is 3.42. The summed E-state index contributed by atoms with van der Waals surface area (Å²) in [5.74, 6) is -1.13. The smallest absolute Gasteiger partial charge is 0.274 e. The Morgan fingerprint density at radius 2 is 2.00 bits per heavy atom. The summed E-state index contributed by atoms with van der Waals surface area (Å²) >= 11 is 7.66. The number of hydrogen-bond acceptors (Lipinski definition) is 8. The Morgan fingerprint density at radius 3 is 2.65 bits per heavy atom. The summed E-state index contributed by atoms with van der Waals surface area (Å²) < 4.78 is 50.3. The second kappa shape index (κ2) is 9.73. The summed E-state index contributed by atoms with van der Waals surface area (Å²) in [6.45, 7) is 1.98. The standard InChI is InChI=1S/C22H22ClN3O5S3/c1-15-5-2-3-6-16(15)13-34(30,31)22-24-11-19(23)20(25-22)21(27)26(12-18-7-4-9-32-18)17-8-10-33(28,29)14-17/h2-7,9,11,17H,8,10,12-14H2,1H3. The van der Waals surface area contributed by atoms with Gasteiger partial charge in [-0.2, -0.15) is 0 Å². The summed E-state index contributed by atoms with van der Waals surface area (Å²) in [4.78, 5) is 23.8. The average molecular weight is 540 g/mol. The minimum absolute atomic E-state index is 0.0144. The van der Waals surface area contributed by atoms with E-state index >= 15 is 0 Å². The van der Waals surface area contributed by atoms with Crippen LogP contribution in [0.4, 0.5) is 0 Å². The van der Waals surface area contributed by atoms with E-state index in [1.807, 2.05) is 23.6 Å². The van der Waals surface area contributed by atoms with Crippen molar-refractivity contribution in [3.63, 3.8) is 0 Å². The monoisotopic (exact) mass is 539 g/mol. The molecule has 0 saturated carbocycles. The third-order valence-corrected chi connectivity index (χ3v) is 9.96. The predicted octanol–water partition coefficient (Wildman–Crippen LogP) is 3.30. The van der Waals surface area contributed by atoms with E-state index in [0.29, 0.717) is 12.0 Å². The molecule has 8 nitrogen and oxygen atoms in total. The first-order chi connectivity index (χ1) is 16.1. The van der Waals surface area contributed by atoms with Crippen LogP contribution in [-0.2, 0) is 32.0 Å². The molecular weight excluding hydrogens is 518 g/mol. The number of sulfone groups is 2. The number of aromatic nitrogens is 2. The van der Waals surface area contributed by atoms with E-state index in [2.05, 4.69) is 9.97 Å². The van der Waals surface area contributed by atoms with Gasteiger partial charge in [-0.05, 0) is 35.9 Å². The van der Waals surface area contributed by atoms with Crippen molar-refractivity contribution in [3.05, 3.63) is 74.7 Å². The van der Waals surface area contributed by atoms with Gasteiger partial charge in [0.15, 0.2) is 15.5 Å². The molecule has 1 unspecified atom stereocenters. The number of nitrogens with zero attached hydrogens (tertiary/aromatic N) is 3. The van der Waals surface area contributed by atoms with Crippen molar-refractivity contribution in [1.29, 1.82) is 0 Å². The van der Waals surface area contributed by atoms with Gasteiger partial charge in [-0.3, -0.25) is 4.79 Å². The topological polar surface area (TPSA) is 114 Å². The van der Waals surface area contributed by atoms with Crippen molar-refractivity contribution in [3.8, 4) is 0 Å². The summed E-state index contributed by atoms with van der Waals surface area (Å²) in [5.41, 5.74) is 1.14. The Bertz CT molecular complexity index is 1420. The zero-order chi connectivity index (χ0) is 24.5. The van der Waals surface area contributed by atoms with Gasteiger partial charge < -0.3 is 4.90 Å². The molecule has 3 heterocycles. The van der Waals surface area contributed by atoms with E-state index in [1.54, 1.807) is 25.1 Å². The number of thiophene rings is 1. The van der Waals surface area contributed by atoms with E-state index in [9.17, 15) is 21.6 Å². The molecule has 0 bridgehead atoms. The van der Waals surface area contributed by atoms with Crippen molar-refractivity contribution in [2.24, 2.45) is 0 Å². The fraction of sp³-hybridized carbons (Fsp3) is 0.318. The van der Waals surface area contributed by atoms with Crippen molar-refractivity contribution in [1.82, 2.24) is 14.9 Å². The van der Waals surface area contributed by atoms with Crippen LogP contribution >= 0.6 is 22.9 Å². The SMILES string of the molecule is Cc1ccccc1CS(=O)(=O)c1ncc(Cl)c(C(=O)N(Cc2cccs2)C2CCS(=O)(=O)C2)n1. The predicted molar refractivity (Wildman–Crippen MR) is 130 cm³/mol. The molecule has 1 atom stereocenters. The van der Waals surface area contributed by atoms with Crippen LogP contribution in [-0.4, -0.2) is 55.2 Å². The highest BCUT2D eigenvalue weighted by Crippen LogP contribution is 2.26. The lowest BCUT2D eigenvalue weighted by molar-refractivity contribution is 0.0676. The molecule has 1 amide bonds. The Morgan fingerprint density at radius 1 is 1.24 bits per heavy atom. The van der Waals surface area contributed by atoms with Gasteiger partial charge in [0.05, 0.1) is 35.0 Å². The molecule has 3 aromatic rings. The van der Waals surface area contributed by atoms with Crippen LogP contribution < -0.4 is 0 Å². The molecule has 180 valence electrons. The summed E-state index contributed by atoms with van der Waals surface area (Å²) in [7, 11) is -7.23. The van der Waals surface area contributed by atoms with Crippen molar-refractivity contribution in [2.45, 2.75) is 36.8 Å². The molecule has 34 heavy (non-hydrogen) atoms. The van der Waals surface area contributed by atoms with E-state index in [-0.39, 0.29) is 34.5 Å². The highest BCUT2D eigenvalue weighted by atomic mass is 35.5. The quantitative estimate of drug-likeness (QED) is 0.423. The number of halogens is 1. The number of benzene rings is 1. The number of rotatable bonds is 7. The van der Waals surface area contributed by atoms with Gasteiger partial charge in [0.25, 0.3) is 5.91 Å². The molecule has 1 saturated heterocycles. The van der Waals surface area contributed by atoms with Crippen molar-refractivity contribution >= 4 is 48.5 Å². The number of aryl methyl sites for hydroxylation is 1. The Balaban J connectivity index is 1.68. The molecule has 0 spiro atoms. The molecule has 1 aromatic carbocycles. The van der Waals surface area contributed by atoms with E-state index < -0.39 is 36.8 Å². The van der Waals surface area contributed by atoms with Gasteiger partial charge in [-0.1, -0.05) is 41.9 Å². The molecule has 1 aliphatic rings. The molecule has 0 N–H and O–H groups in total. The van der Waals surface area contributed by atoms with Crippen molar-refractivity contribution < 1.29 is 21.6 Å². The number of carbonyl (C=O) groups is 1. The maximum atomic E-state index is 13.5. The van der Waals surface area contributed by atoms with Gasteiger partial charge in [-0.25, -0.2) is 26.8 Å². The molecule has 2 aromatic heterocycles. The normalized spacial score (nSPS) is 17.5. The maximum absolute atomic E-state index is 13.5. The fourth-order valence-corrected chi connectivity index (χ4v) is 7.70. The first-order valence-corrected chi connectivity index (χ1v) is 15.1. The lowest BCUT2D eigenvalue weighted by Crippen LogP contribution is -2.41. The lowest BCUT2D eigenvalue weighted by Gasteiger charge is -2.28. The van der Waals surface area contributed by atoms with E-state index in [0.717, 1.165) is 16.6 Å². The van der Waals surface area contributed by atoms with Crippen LogP contribution in [0.5, 0.6) is 0 Å². The second-order valence-corrected chi connectivity index (χ2v) is 13.7. The number of carbonyl (C=O) groups excluding carboxylic acids is 1.